The van der Waals surface area contributed by atoms with Gasteiger partial charge in [0, 0.05) is 0 Å². The van der Waals surface area contributed by atoms with Crippen molar-refractivity contribution >= 4 is 27.2 Å². The van der Waals surface area contributed by atoms with Gasteiger partial charge in [0.1, 0.15) is 0 Å². The summed E-state index contributed by atoms with van der Waals surface area (Å²) in [4.78, 5) is 0. The molecule has 23 heavy (non-hydrogen) atoms. The molecule has 0 aromatic rings. The SMILES string of the molecule is CC[N+](CC)(CC)CC.CC[N+](CC)(CC)CC.[Br-].[Br-].[Br][Zn][Br]. The molecule has 0 bridgehead atoms. The summed E-state index contributed by atoms with van der Waals surface area (Å²) < 4.78 is 2.56. The van der Waals surface area contributed by atoms with Crippen molar-refractivity contribution in [1.29, 1.82) is 0 Å². The second kappa shape index (κ2) is 24.5. The molecule has 0 aliphatic carbocycles. The van der Waals surface area contributed by atoms with Crippen LogP contribution in [-0.2, 0) is 13.2 Å². The van der Waals surface area contributed by atoms with E-state index < -0.39 is 0 Å². The molecular formula is C16H40Br4N2Zn. The average molecular weight is 646 g/mol. The Morgan fingerprint density at radius 2 is 0.565 bits per heavy atom. The molecule has 0 atom stereocenters. The van der Waals surface area contributed by atoms with Crippen molar-refractivity contribution in [2.24, 2.45) is 0 Å². The summed E-state index contributed by atoms with van der Waals surface area (Å²) in [6.07, 6.45) is 0. The van der Waals surface area contributed by atoms with Gasteiger partial charge in [-0.15, -0.1) is 0 Å². The van der Waals surface area contributed by atoms with Crippen LogP contribution >= 0.6 is 27.2 Å². The van der Waals surface area contributed by atoms with Crippen LogP contribution < -0.4 is 34.0 Å². The van der Waals surface area contributed by atoms with E-state index >= 15 is 0 Å². The van der Waals surface area contributed by atoms with Crippen LogP contribution in [0.25, 0.3) is 0 Å². The topological polar surface area (TPSA) is 0 Å². The number of nitrogens with zero attached hydrogens (tertiary/aromatic N) is 2. The van der Waals surface area contributed by atoms with E-state index in [0.717, 1.165) is 0 Å². The van der Waals surface area contributed by atoms with E-state index in [1.165, 1.54) is 61.3 Å². The van der Waals surface area contributed by atoms with Crippen molar-refractivity contribution in [1.82, 2.24) is 0 Å². The van der Waals surface area contributed by atoms with Crippen LogP contribution in [0.5, 0.6) is 0 Å². The molecule has 0 saturated carbocycles. The third kappa shape index (κ3) is 17.6. The summed E-state index contributed by atoms with van der Waals surface area (Å²) in [5.41, 5.74) is 0. The molecule has 0 aliphatic rings. The monoisotopic (exact) mass is 640 g/mol. The molecule has 2 nitrogen and oxygen atoms in total. The van der Waals surface area contributed by atoms with E-state index in [2.05, 4.69) is 82.6 Å². The summed E-state index contributed by atoms with van der Waals surface area (Å²) >= 11 is 6.25. The third-order valence-electron chi connectivity index (χ3n) is 5.37. The zero-order chi connectivity index (χ0) is 17.4. The zero-order valence-electron chi connectivity index (χ0n) is 16.8. The summed E-state index contributed by atoms with van der Waals surface area (Å²) in [6, 6.07) is 0. The van der Waals surface area contributed by atoms with Gasteiger partial charge in [-0.3, -0.25) is 0 Å². The Hall–Kier alpha value is 2.46. The standard InChI is InChI=1S/2C8H20N.4BrH.Zn/c2*1-5-9(6-2,7-3)8-4;;;;;/h2*5-8H2,1-4H3;4*1H;/q2*+1;;;;;+2/p-4. The van der Waals surface area contributed by atoms with E-state index in [1.807, 2.05) is 0 Å². The number of halogens is 4. The Morgan fingerprint density at radius 3 is 0.565 bits per heavy atom. The quantitative estimate of drug-likeness (QED) is 0.246. The van der Waals surface area contributed by atoms with Crippen molar-refractivity contribution in [2.75, 3.05) is 52.4 Å². The first kappa shape index (κ1) is 36.4. The molecule has 0 amide bonds. The predicted molar refractivity (Wildman–Crippen MR) is 103 cm³/mol. The fraction of sp³-hybridized carbons (Fsp3) is 1.00. The van der Waals surface area contributed by atoms with Gasteiger partial charge in [0.25, 0.3) is 0 Å². The molecule has 144 valence electrons. The van der Waals surface area contributed by atoms with Crippen molar-refractivity contribution in [2.45, 2.75) is 55.4 Å². The van der Waals surface area contributed by atoms with Crippen LogP contribution in [0, 0.1) is 0 Å². The van der Waals surface area contributed by atoms with E-state index in [4.69, 9.17) is 0 Å². The number of hydrogen-bond acceptors (Lipinski definition) is 0. The summed E-state index contributed by atoms with van der Waals surface area (Å²) in [7, 11) is 0. The van der Waals surface area contributed by atoms with Gasteiger partial charge < -0.3 is 42.9 Å². The van der Waals surface area contributed by atoms with Gasteiger partial charge in [0.2, 0.25) is 0 Å². The molecule has 0 heterocycles. The van der Waals surface area contributed by atoms with Crippen LogP contribution in [0.15, 0.2) is 0 Å². The molecule has 0 rings (SSSR count). The van der Waals surface area contributed by atoms with Gasteiger partial charge in [-0.1, -0.05) is 0 Å². The fourth-order valence-corrected chi connectivity index (χ4v) is 2.68. The minimum absolute atomic E-state index is 0. The van der Waals surface area contributed by atoms with Gasteiger partial charge in [-0.05, 0) is 55.4 Å². The number of rotatable bonds is 8. The first-order chi connectivity index (χ1) is 9.90. The molecule has 0 spiro atoms. The Kier molecular flexibility index (Phi) is 38.7. The summed E-state index contributed by atoms with van der Waals surface area (Å²) in [6.45, 7) is 28.4. The van der Waals surface area contributed by atoms with Gasteiger partial charge >= 0.3 is 40.5 Å². The van der Waals surface area contributed by atoms with Crippen molar-refractivity contribution < 1.29 is 56.1 Å². The van der Waals surface area contributed by atoms with Crippen molar-refractivity contribution in [3.63, 3.8) is 0 Å². The van der Waals surface area contributed by atoms with E-state index in [9.17, 15) is 0 Å². The van der Waals surface area contributed by atoms with Crippen molar-refractivity contribution in [3.05, 3.63) is 0 Å². The molecule has 0 aromatic heterocycles. The molecule has 0 radical (unpaired) electrons. The van der Waals surface area contributed by atoms with Gasteiger partial charge in [-0.2, -0.15) is 0 Å². The first-order valence-electron chi connectivity index (χ1n) is 8.72. The molecule has 0 saturated heterocycles. The molecule has 0 N–H and O–H groups in total. The molecule has 0 aliphatic heterocycles. The third-order valence-corrected chi connectivity index (χ3v) is 5.37. The Morgan fingerprint density at radius 1 is 0.478 bits per heavy atom. The Balaban J connectivity index is -0.0000000746. The zero-order valence-corrected chi connectivity index (χ0v) is 26.1. The maximum absolute atomic E-state index is 3.25. The average Bonchev–Trinajstić information content (AvgIpc) is 2.54. The number of hydrogen-bond donors (Lipinski definition) is 0. The second-order valence-corrected chi connectivity index (χ2v) is 19.4. The molecule has 0 aromatic carbocycles. The first-order valence-corrected chi connectivity index (χ1v) is 22.6. The summed E-state index contributed by atoms with van der Waals surface area (Å²) in [5.74, 6) is 0. The normalized spacial score (nSPS) is 9.83. The molecule has 0 unspecified atom stereocenters. The predicted octanol–water partition coefficient (Wildman–Crippen LogP) is -0.538. The maximum atomic E-state index is 3.25. The van der Waals surface area contributed by atoms with Crippen LogP contribution in [0.2, 0.25) is 0 Å². The molecular weight excluding hydrogens is 605 g/mol. The van der Waals surface area contributed by atoms with E-state index in [-0.39, 0.29) is 47.2 Å². The van der Waals surface area contributed by atoms with Gasteiger partial charge in [-0.25, -0.2) is 0 Å². The van der Waals surface area contributed by atoms with Gasteiger partial charge in [0.05, 0.1) is 52.4 Å². The fourth-order valence-electron chi connectivity index (χ4n) is 2.68. The Bertz CT molecular complexity index is 147. The summed E-state index contributed by atoms with van der Waals surface area (Å²) in [5, 5.41) is 0. The van der Waals surface area contributed by atoms with E-state index in [0.29, 0.717) is 0 Å². The van der Waals surface area contributed by atoms with Crippen LogP contribution in [0.1, 0.15) is 55.4 Å². The Labute approximate surface area is 189 Å². The van der Waals surface area contributed by atoms with Crippen LogP contribution in [0.4, 0.5) is 0 Å². The molecule has 7 heteroatoms. The van der Waals surface area contributed by atoms with Gasteiger partial charge in [0.15, 0.2) is 0 Å². The molecule has 0 fully saturated rings. The minimum atomic E-state index is -0.250. The number of quaternary nitrogens is 2. The second-order valence-electron chi connectivity index (χ2n) is 5.31. The van der Waals surface area contributed by atoms with Crippen LogP contribution in [0.3, 0.4) is 0 Å². The van der Waals surface area contributed by atoms with E-state index in [1.54, 1.807) is 0 Å². The van der Waals surface area contributed by atoms with Crippen molar-refractivity contribution in [3.8, 4) is 0 Å². The van der Waals surface area contributed by atoms with Crippen LogP contribution in [-0.4, -0.2) is 61.3 Å².